The minimum atomic E-state index is -0.808. The van der Waals surface area contributed by atoms with E-state index < -0.39 is 17.7 Å². The predicted octanol–water partition coefficient (Wildman–Crippen LogP) is 1.40. The monoisotopic (exact) mass is 268 g/mol. The molecule has 0 saturated heterocycles. The fraction of sp³-hybridized carbons (Fsp3) is 0.667. The van der Waals surface area contributed by atoms with Crippen molar-refractivity contribution >= 4 is 12.4 Å². The van der Waals surface area contributed by atoms with E-state index >= 15 is 0 Å². The molecule has 0 aliphatic carbocycles. The van der Waals surface area contributed by atoms with E-state index in [2.05, 4.69) is 10.1 Å². The van der Waals surface area contributed by atoms with Crippen LogP contribution in [0.5, 0.6) is 0 Å². The normalized spacial score (nSPS) is 12.9. The molecule has 1 aromatic rings. The van der Waals surface area contributed by atoms with Crippen LogP contribution in [-0.4, -0.2) is 44.7 Å². The molecule has 0 aromatic carbocycles. The first-order chi connectivity index (χ1) is 8.80. The van der Waals surface area contributed by atoms with Gasteiger partial charge in [0.25, 0.3) is 0 Å². The maximum atomic E-state index is 11.9. The first kappa shape index (κ1) is 15.1. The van der Waals surface area contributed by atoms with Crippen LogP contribution in [0.2, 0.25) is 0 Å². The molecule has 1 amide bonds. The number of aromatic nitrogens is 3. The number of nitrogens with zero attached hydrogens (tertiary/aromatic N) is 4. The molecule has 7 nitrogen and oxygen atoms in total. The quantitative estimate of drug-likeness (QED) is 0.771. The average molecular weight is 268 g/mol. The average Bonchev–Trinajstić information content (AvgIpc) is 2.75. The van der Waals surface area contributed by atoms with Crippen LogP contribution in [-0.2, 0) is 16.1 Å². The van der Waals surface area contributed by atoms with Crippen molar-refractivity contribution in [1.29, 1.82) is 0 Å². The lowest BCUT2D eigenvalue weighted by Gasteiger charge is -2.27. The van der Waals surface area contributed by atoms with Gasteiger partial charge in [0.1, 0.15) is 24.3 Å². The third kappa shape index (κ3) is 3.77. The molecular weight excluding hydrogens is 248 g/mol. The van der Waals surface area contributed by atoms with Gasteiger partial charge < -0.3 is 9.53 Å². The molecular formula is C12H20N4O3. The zero-order chi connectivity index (χ0) is 14.6. The Morgan fingerprint density at radius 1 is 1.58 bits per heavy atom. The topological polar surface area (TPSA) is 77.3 Å². The van der Waals surface area contributed by atoms with E-state index in [0.717, 1.165) is 0 Å². The molecule has 0 fully saturated rings. The summed E-state index contributed by atoms with van der Waals surface area (Å²) in [6.07, 6.45) is 1.44. The summed E-state index contributed by atoms with van der Waals surface area (Å²) in [5.74, 6) is 0.422. The summed E-state index contributed by atoms with van der Waals surface area (Å²) in [7, 11) is 1.50. The van der Waals surface area contributed by atoms with E-state index in [4.69, 9.17) is 4.74 Å². The summed E-state index contributed by atoms with van der Waals surface area (Å²) in [4.78, 5) is 28.4. The maximum absolute atomic E-state index is 11.9. The van der Waals surface area contributed by atoms with Gasteiger partial charge in [0.15, 0.2) is 5.82 Å². The van der Waals surface area contributed by atoms with Crippen LogP contribution in [0.1, 0.15) is 39.6 Å². The van der Waals surface area contributed by atoms with E-state index in [0.29, 0.717) is 18.7 Å². The van der Waals surface area contributed by atoms with E-state index in [-0.39, 0.29) is 0 Å². The fourth-order valence-electron chi connectivity index (χ4n) is 1.52. The largest absolute Gasteiger partial charge is 0.444 e. The third-order valence-electron chi connectivity index (χ3n) is 2.44. The second-order valence-corrected chi connectivity index (χ2v) is 5.11. The summed E-state index contributed by atoms with van der Waals surface area (Å²) in [5, 5.41) is 3.99. The molecule has 0 aliphatic heterocycles. The molecule has 1 heterocycles. The second kappa shape index (κ2) is 5.81. The lowest BCUT2D eigenvalue weighted by atomic mass is 10.2. The van der Waals surface area contributed by atoms with Crippen molar-refractivity contribution in [3.05, 3.63) is 12.2 Å². The summed E-state index contributed by atoms with van der Waals surface area (Å²) in [5.41, 5.74) is -0.614. The highest BCUT2D eigenvalue weighted by Gasteiger charge is 2.29. The standard InChI is InChI=1S/C12H20N4O3/c1-6-16-10(13-8-14-16)9(7-17)15(5)11(18)19-12(2,3)4/h7-9H,6H2,1-5H3. The molecule has 0 saturated carbocycles. The van der Waals surface area contributed by atoms with E-state index in [9.17, 15) is 9.59 Å². The SMILES string of the molecule is CCn1ncnc1C(C=O)N(C)C(=O)OC(C)(C)C. The van der Waals surface area contributed by atoms with Gasteiger partial charge in [-0.25, -0.2) is 14.5 Å². The van der Waals surface area contributed by atoms with Crippen molar-refractivity contribution < 1.29 is 14.3 Å². The van der Waals surface area contributed by atoms with Crippen molar-refractivity contribution in [2.24, 2.45) is 0 Å². The third-order valence-corrected chi connectivity index (χ3v) is 2.44. The zero-order valence-corrected chi connectivity index (χ0v) is 12.0. The summed E-state index contributed by atoms with van der Waals surface area (Å²) < 4.78 is 6.79. The van der Waals surface area contributed by atoms with Crippen LogP contribution in [0, 0.1) is 0 Å². The highest BCUT2D eigenvalue weighted by atomic mass is 16.6. The van der Waals surface area contributed by atoms with Crippen LogP contribution in [0.25, 0.3) is 0 Å². The molecule has 0 N–H and O–H groups in total. The zero-order valence-electron chi connectivity index (χ0n) is 12.0. The molecule has 0 radical (unpaired) electrons. The Morgan fingerprint density at radius 3 is 2.68 bits per heavy atom. The number of hydrogen-bond acceptors (Lipinski definition) is 5. The molecule has 19 heavy (non-hydrogen) atoms. The van der Waals surface area contributed by atoms with Gasteiger partial charge in [-0.15, -0.1) is 0 Å². The number of carbonyl (C=O) groups is 2. The second-order valence-electron chi connectivity index (χ2n) is 5.11. The highest BCUT2D eigenvalue weighted by Crippen LogP contribution is 2.18. The lowest BCUT2D eigenvalue weighted by molar-refractivity contribution is -0.112. The van der Waals surface area contributed by atoms with Crippen molar-refractivity contribution in [3.8, 4) is 0 Å². The number of rotatable bonds is 4. The molecule has 0 bridgehead atoms. The van der Waals surface area contributed by atoms with Gasteiger partial charge in [-0.1, -0.05) is 0 Å². The Kier molecular flexibility index (Phi) is 4.63. The molecule has 1 unspecified atom stereocenters. The maximum Gasteiger partial charge on any atom is 0.411 e. The molecule has 106 valence electrons. The van der Waals surface area contributed by atoms with Gasteiger partial charge in [-0.3, -0.25) is 4.90 Å². The number of aldehydes is 1. The van der Waals surface area contributed by atoms with Gasteiger partial charge in [-0.2, -0.15) is 5.10 Å². The Balaban J connectivity index is 2.91. The molecule has 7 heteroatoms. The number of carbonyl (C=O) groups excluding carboxylic acids is 2. The minimum absolute atomic E-state index is 0.422. The van der Waals surface area contributed by atoms with Gasteiger partial charge in [0.2, 0.25) is 0 Å². The molecule has 0 spiro atoms. The molecule has 1 atom stereocenters. The lowest BCUT2D eigenvalue weighted by Crippen LogP contribution is -2.38. The van der Waals surface area contributed by atoms with Gasteiger partial charge >= 0.3 is 6.09 Å². The predicted molar refractivity (Wildman–Crippen MR) is 68.5 cm³/mol. The van der Waals surface area contributed by atoms with Crippen molar-refractivity contribution in [3.63, 3.8) is 0 Å². The van der Waals surface area contributed by atoms with Crippen LogP contribution in [0.15, 0.2) is 6.33 Å². The first-order valence-electron chi connectivity index (χ1n) is 6.09. The van der Waals surface area contributed by atoms with Crippen molar-refractivity contribution in [1.82, 2.24) is 19.7 Å². The highest BCUT2D eigenvalue weighted by molar-refractivity contribution is 5.73. The van der Waals surface area contributed by atoms with Crippen molar-refractivity contribution in [2.45, 2.75) is 45.9 Å². The number of ether oxygens (including phenoxy) is 1. The summed E-state index contributed by atoms with van der Waals surface area (Å²) in [6.45, 7) is 7.75. The van der Waals surface area contributed by atoms with Gasteiger partial charge in [-0.05, 0) is 27.7 Å². The van der Waals surface area contributed by atoms with Crippen LogP contribution in [0.4, 0.5) is 4.79 Å². The molecule has 1 aromatic heterocycles. The Hall–Kier alpha value is -1.92. The minimum Gasteiger partial charge on any atom is -0.444 e. The number of likely N-dealkylation sites (N-methyl/N-ethyl adjacent to an activating group) is 1. The number of aryl methyl sites for hydroxylation is 1. The smallest absolute Gasteiger partial charge is 0.411 e. The van der Waals surface area contributed by atoms with E-state index in [1.807, 2.05) is 6.92 Å². The molecule has 0 aliphatic rings. The van der Waals surface area contributed by atoms with Crippen LogP contribution < -0.4 is 0 Å². The fourth-order valence-corrected chi connectivity index (χ4v) is 1.52. The number of amides is 1. The summed E-state index contributed by atoms with van der Waals surface area (Å²) >= 11 is 0. The Labute approximate surface area is 112 Å². The molecule has 1 rings (SSSR count). The van der Waals surface area contributed by atoms with Gasteiger partial charge in [0.05, 0.1) is 0 Å². The first-order valence-corrected chi connectivity index (χ1v) is 6.09. The van der Waals surface area contributed by atoms with Gasteiger partial charge in [0, 0.05) is 13.6 Å². The Bertz CT molecular complexity index is 450. The Morgan fingerprint density at radius 2 is 2.21 bits per heavy atom. The summed E-state index contributed by atoms with van der Waals surface area (Å²) in [6, 6.07) is -0.808. The number of hydrogen-bond donors (Lipinski definition) is 0. The van der Waals surface area contributed by atoms with Crippen LogP contribution >= 0.6 is 0 Å². The van der Waals surface area contributed by atoms with E-state index in [1.165, 1.54) is 18.3 Å². The van der Waals surface area contributed by atoms with Crippen molar-refractivity contribution in [2.75, 3.05) is 7.05 Å². The van der Waals surface area contributed by atoms with E-state index in [1.54, 1.807) is 25.5 Å². The van der Waals surface area contributed by atoms with Crippen LogP contribution in [0.3, 0.4) is 0 Å².